The fourth-order valence-electron chi connectivity index (χ4n) is 4.38. The molecule has 0 atom stereocenters. The van der Waals surface area contributed by atoms with E-state index in [1.54, 1.807) is 24.8 Å². The summed E-state index contributed by atoms with van der Waals surface area (Å²) in [5.74, 6) is -0.662. The van der Waals surface area contributed by atoms with Crippen LogP contribution >= 0.6 is 0 Å². The summed E-state index contributed by atoms with van der Waals surface area (Å²) in [4.78, 5) is 16.9. The molecule has 0 spiro atoms. The lowest BCUT2D eigenvalue weighted by molar-refractivity contribution is 0.469. The van der Waals surface area contributed by atoms with Gasteiger partial charge in [-0.2, -0.15) is 5.10 Å². The summed E-state index contributed by atoms with van der Waals surface area (Å²) in [5.41, 5.74) is 7.48. The van der Waals surface area contributed by atoms with Gasteiger partial charge in [-0.1, -0.05) is 0 Å². The topological polar surface area (TPSA) is 115 Å². The molecular formula is C27H22FN7O. The number of pyridine rings is 3. The molecule has 0 aliphatic rings. The third kappa shape index (κ3) is 3.90. The van der Waals surface area contributed by atoms with Crippen LogP contribution in [0.15, 0.2) is 67.3 Å². The van der Waals surface area contributed by atoms with Gasteiger partial charge in [0.1, 0.15) is 22.8 Å². The summed E-state index contributed by atoms with van der Waals surface area (Å²) >= 11 is 0. The van der Waals surface area contributed by atoms with Gasteiger partial charge in [0, 0.05) is 47.2 Å². The quantitative estimate of drug-likeness (QED) is 0.245. The number of benzene rings is 1. The highest BCUT2D eigenvalue weighted by molar-refractivity contribution is 6.00. The van der Waals surface area contributed by atoms with Crippen molar-refractivity contribution in [2.24, 2.45) is 0 Å². The number of rotatable bonds is 5. The Morgan fingerprint density at radius 1 is 0.917 bits per heavy atom. The number of fused-ring (bicyclic) bond motifs is 2. The lowest BCUT2D eigenvalue weighted by Crippen LogP contribution is -2.09. The number of phenolic OH excluding ortho intramolecular Hbond substituents is 1. The molecule has 36 heavy (non-hydrogen) atoms. The molecule has 0 unspecified atom stereocenters. The molecule has 5 aromatic heterocycles. The summed E-state index contributed by atoms with van der Waals surface area (Å²) in [6, 6.07) is 12.1. The van der Waals surface area contributed by atoms with Crippen LogP contribution in [0.25, 0.3) is 55.7 Å². The Kier molecular flexibility index (Phi) is 5.10. The number of aromatic nitrogens is 6. The maximum atomic E-state index is 14.0. The zero-order valence-electron chi connectivity index (χ0n) is 19.5. The number of anilines is 1. The van der Waals surface area contributed by atoms with Crippen LogP contribution in [0.5, 0.6) is 5.75 Å². The predicted molar refractivity (Wildman–Crippen MR) is 138 cm³/mol. The fourth-order valence-corrected chi connectivity index (χ4v) is 4.38. The van der Waals surface area contributed by atoms with Gasteiger partial charge in [-0.05, 0) is 55.8 Å². The van der Waals surface area contributed by atoms with Crippen LogP contribution < -0.4 is 5.32 Å². The number of phenols is 1. The lowest BCUT2D eigenvalue weighted by Gasteiger charge is -2.10. The molecular weight excluding hydrogens is 457 g/mol. The van der Waals surface area contributed by atoms with Gasteiger partial charge >= 0.3 is 0 Å². The van der Waals surface area contributed by atoms with Gasteiger partial charge < -0.3 is 15.4 Å². The number of aromatic hydroxyl groups is 1. The molecule has 6 aromatic rings. The van der Waals surface area contributed by atoms with Crippen molar-refractivity contribution in [3.05, 3.63) is 73.1 Å². The van der Waals surface area contributed by atoms with Crippen LogP contribution in [-0.2, 0) is 0 Å². The summed E-state index contributed by atoms with van der Waals surface area (Å²) in [7, 11) is 0. The average Bonchev–Trinajstić information content (AvgIpc) is 3.46. The van der Waals surface area contributed by atoms with Crippen LogP contribution in [0.3, 0.4) is 0 Å². The van der Waals surface area contributed by atoms with Gasteiger partial charge in [0.15, 0.2) is 0 Å². The van der Waals surface area contributed by atoms with Crippen molar-refractivity contribution < 1.29 is 9.50 Å². The van der Waals surface area contributed by atoms with Gasteiger partial charge in [-0.15, -0.1) is 0 Å². The van der Waals surface area contributed by atoms with E-state index in [9.17, 15) is 9.50 Å². The highest BCUT2D eigenvalue weighted by Gasteiger charge is 2.16. The van der Waals surface area contributed by atoms with Crippen molar-refractivity contribution in [1.82, 2.24) is 30.1 Å². The third-order valence-corrected chi connectivity index (χ3v) is 5.89. The fraction of sp³-hybridized carbons (Fsp3) is 0.111. The maximum Gasteiger partial charge on any atom is 0.135 e. The Morgan fingerprint density at radius 2 is 1.78 bits per heavy atom. The zero-order valence-corrected chi connectivity index (χ0v) is 19.5. The SMILES string of the molecule is CC(C)Nc1cncc(-c2ccc3[nH]nc(-c4cc5c(-c6cc(O)cc(F)c6)cncc5[nH]4)c3n2)c1. The second kappa shape index (κ2) is 8.46. The first-order chi connectivity index (χ1) is 17.4. The van der Waals surface area contributed by atoms with E-state index in [-0.39, 0.29) is 11.8 Å². The Hall–Kier alpha value is -4.79. The number of hydrogen-bond donors (Lipinski definition) is 4. The van der Waals surface area contributed by atoms with Gasteiger partial charge in [0.25, 0.3) is 0 Å². The number of H-pyrrole nitrogens is 2. The third-order valence-electron chi connectivity index (χ3n) is 5.89. The molecule has 0 aliphatic carbocycles. The molecule has 6 rings (SSSR count). The number of aromatic amines is 2. The van der Waals surface area contributed by atoms with E-state index in [0.717, 1.165) is 45.1 Å². The van der Waals surface area contributed by atoms with Gasteiger partial charge in [0.05, 0.1) is 34.3 Å². The smallest absolute Gasteiger partial charge is 0.135 e. The van der Waals surface area contributed by atoms with Crippen molar-refractivity contribution >= 4 is 27.6 Å². The van der Waals surface area contributed by atoms with E-state index in [4.69, 9.17) is 4.98 Å². The number of hydrogen-bond acceptors (Lipinski definition) is 6. The van der Waals surface area contributed by atoms with Crippen molar-refractivity contribution in [2.45, 2.75) is 19.9 Å². The van der Waals surface area contributed by atoms with E-state index in [1.807, 2.05) is 24.3 Å². The van der Waals surface area contributed by atoms with E-state index in [2.05, 4.69) is 44.3 Å². The van der Waals surface area contributed by atoms with E-state index < -0.39 is 5.82 Å². The van der Waals surface area contributed by atoms with E-state index in [1.165, 1.54) is 12.1 Å². The second-order valence-corrected chi connectivity index (χ2v) is 8.96. The Labute approximate surface area is 205 Å². The van der Waals surface area contributed by atoms with Crippen molar-refractivity contribution in [3.63, 3.8) is 0 Å². The lowest BCUT2D eigenvalue weighted by atomic mass is 10.0. The largest absolute Gasteiger partial charge is 0.508 e. The molecule has 0 saturated carbocycles. The summed E-state index contributed by atoms with van der Waals surface area (Å²) in [6.07, 6.45) is 6.93. The molecule has 4 N–H and O–H groups in total. The molecule has 0 amide bonds. The average molecular weight is 480 g/mol. The molecule has 0 saturated heterocycles. The van der Waals surface area contributed by atoms with Crippen LogP contribution in [0.1, 0.15) is 13.8 Å². The summed E-state index contributed by atoms with van der Waals surface area (Å²) in [6.45, 7) is 4.15. The highest BCUT2D eigenvalue weighted by Crippen LogP contribution is 2.35. The number of nitrogens with zero attached hydrogens (tertiary/aromatic N) is 4. The van der Waals surface area contributed by atoms with Crippen molar-refractivity contribution in [1.29, 1.82) is 0 Å². The first kappa shape index (κ1) is 21.7. The van der Waals surface area contributed by atoms with Crippen LogP contribution in [0.4, 0.5) is 10.1 Å². The molecule has 0 bridgehead atoms. The van der Waals surface area contributed by atoms with Gasteiger partial charge in [-0.25, -0.2) is 9.37 Å². The molecule has 1 aromatic carbocycles. The minimum absolute atomic E-state index is 0.144. The summed E-state index contributed by atoms with van der Waals surface area (Å²) in [5, 5.41) is 21.6. The standard InChI is InChI=1S/C27H22FN7O/c1-14(2)31-18-6-16(10-29-11-18)22-3-4-23-26(33-22)27(35-34-23)24-9-20-21(12-30-13-25(20)32-24)15-5-17(28)8-19(36)7-15/h3-14,31-32,36H,1-2H3,(H,34,35). The molecule has 0 fully saturated rings. The van der Waals surface area contributed by atoms with E-state index in [0.29, 0.717) is 22.3 Å². The van der Waals surface area contributed by atoms with Gasteiger partial charge in [0.2, 0.25) is 0 Å². The Balaban J connectivity index is 1.45. The first-order valence-corrected chi connectivity index (χ1v) is 11.5. The predicted octanol–water partition coefficient (Wildman–Crippen LogP) is 5.90. The molecule has 178 valence electrons. The molecule has 0 aliphatic heterocycles. The minimum atomic E-state index is -0.519. The molecule has 8 nitrogen and oxygen atoms in total. The minimum Gasteiger partial charge on any atom is -0.508 e. The van der Waals surface area contributed by atoms with Crippen molar-refractivity contribution in [2.75, 3.05) is 5.32 Å². The monoisotopic (exact) mass is 479 g/mol. The van der Waals surface area contributed by atoms with Crippen LogP contribution in [-0.4, -0.2) is 41.3 Å². The van der Waals surface area contributed by atoms with Crippen molar-refractivity contribution in [3.8, 4) is 39.5 Å². The highest BCUT2D eigenvalue weighted by atomic mass is 19.1. The van der Waals surface area contributed by atoms with Gasteiger partial charge in [-0.3, -0.25) is 15.1 Å². The molecule has 5 heterocycles. The number of halogens is 1. The zero-order chi connectivity index (χ0) is 24.8. The first-order valence-electron chi connectivity index (χ1n) is 11.5. The summed E-state index contributed by atoms with van der Waals surface area (Å²) < 4.78 is 14.0. The van der Waals surface area contributed by atoms with Crippen LogP contribution in [0, 0.1) is 5.82 Å². The normalized spacial score (nSPS) is 11.6. The second-order valence-electron chi connectivity index (χ2n) is 8.96. The molecule has 0 radical (unpaired) electrons. The van der Waals surface area contributed by atoms with E-state index >= 15 is 0 Å². The maximum absolute atomic E-state index is 14.0. The van der Waals surface area contributed by atoms with Crippen LogP contribution in [0.2, 0.25) is 0 Å². The Morgan fingerprint density at radius 3 is 2.61 bits per heavy atom. The number of nitrogens with one attached hydrogen (secondary N) is 3. The molecule has 9 heteroatoms. The Bertz CT molecular complexity index is 1720.